The molecule has 3 N–H and O–H groups in total. The Morgan fingerprint density at radius 3 is 2.42 bits per heavy atom. The van der Waals surface area contributed by atoms with Crippen LogP contribution in [0.25, 0.3) is 0 Å². The quantitative estimate of drug-likeness (QED) is 0.626. The first kappa shape index (κ1) is 15.9. The van der Waals surface area contributed by atoms with E-state index in [0.717, 1.165) is 0 Å². The van der Waals surface area contributed by atoms with E-state index in [1.807, 2.05) is 0 Å². The maximum Gasteiger partial charge on any atom is 0.335 e. The Bertz CT molecular complexity index is 332. The Kier molecular flexibility index (Phi) is 5.71. The van der Waals surface area contributed by atoms with E-state index in [2.05, 4.69) is 5.32 Å². The molecule has 0 aromatic carbocycles. The summed E-state index contributed by atoms with van der Waals surface area (Å²) in [5, 5.41) is 22.0. The van der Waals surface area contributed by atoms with E-state index >= 15 is 0 Å². The number of aliphatic carboxylic acids is 1. The second-order valence-corrected chi connectivity index (χ2v) is 4.48. The van der Waals surface area contributed by atoms with Crippen molar-refractivity contribution in [1.29, 1.82) is 0 Å². The van der Waals surface area contributed by atoms with Gasteiger partial charge < -0.3 is 25.0 Å². The van der Waals surface area contributed by atoms with E-state index in [-0.39, 0.29) is 12.5 Å². The average molecular weight is 275 g/mol. The smallest absolute Gasteiger partial charge is 0.335 e. The second-order valence-electron chi connectivity index (χ2n) is 4.48. The van der Waals surface area contributed by atoms with Crippen LogP contribution in [-0.4, -0.2) is 59.2 Å². The molecule has 0 aliphatic carbocycles. The molecule has 0 bridgehead atoms. The lowest BCUT2D eigenvalue weighted by molar-refractivity contribution is -0.212. The molecule has 1 amide bonds. The van der Waals surface area contributed by atoms with Crippen molar-refractivity contribution >= 4 is 11.9 Å². The third-order valence-electron chi connectivity index (χ3n) is 3.10. The molecule has 1 aliphatic heterocycles. The zero-order valence-electron chi connectivity index (χ0n) is 11.3. The SMILES string of the molecule is CCOC1C(C(=O)O)OC(CC)C(NC(C)=O)C1O. The van der Waals surface area contributed by atoms with Gasteiger partial charge in [0, 0.05) is 13.5 Å². The number of aliphatic hydroxyl groups is 1. The largest absolute Gasteiger partial charge is 0.479 e. The van der Waals surface area contributed by atoms with E-state index in [1.165, 1.54) is 6.92 Å². The maximum absolute atomic E-state index is 11.2. The van der Waals surface area contributed by atoms with Crippen molar-refractivity contribution in [1.82, 2.24) is 5.32 Å². The molecule has 7 nitrogen and oxygen atoms in total. The molecule has 110 valence electrons. The van der Waals surface area contributed by atoms with Crippen molar-refractivity contribution in [3.05, 3.63) is 0 Å². The number of amides is 1. The third kappa shape index (κ3) is 3.65. The van der Waals surface area contributed by atoms with Crippen LogP contribution in [0.1, 0.15) is 27.2 Å². The van der Waals surface area contributed by atoms with Crippen LogP contribution >= 0.6 is 0 Å². The molecule has 0 aromatic heterocycles. The molecule has 1 heterocycles. The minimum absolute atomic E-state index is 0.248. The minimum Gasteiger partial charge on any atom is -0.479 e. The number of carbonyl (C=O) groups is 2. The van der Waals surface area contributed by atoms with Gasteiger partial charge in [-0.2, -0.15) is 0 Å². The summed E-state index contributed by atoms with van der Waals surface area (Å²) in [6, 6.07) is -0.672. The molecule has 1 rings (SSSR count). The molecule has 5 unspecified atom stereocenters. The number of carbonyl (C=O) groups excluding carboxylic acids is 1. The second kappa shape index (κ2) is 6.83. The Balaban J connectivity index is 2.95. The van der Waals surface area contributed by atoms with Crippen molar-refractivity contribution < 1.29 is 29.3 Å². The van der Waals surface area contributed by atoms with Gasteiger partial charge in [-0.1, -0.05) is 6.92 Å². The Hall–Kier alpha value is -1.18. The van der Waals surface area contributed by atoms with Gasteiger partial charge in [0.25, 0.3) is 0 Å². The fraction of sp³-hybridized carbons (Fsp3) is 0.833. The zero-order valence-corrected chi connectivity index (χ0v) is 11.3. The Morgan fingerprint density at radius 1 is 1.37 bits per heavy atom. The van der Waals surface area contributed by atoms with E-state index in [4.69, 9.17) is 14.6 Å². The molecule has 5 atom stereocenters. The standard InChI is InChI=1S/C12H21NO6/c1-4-7-8(13-6(3)14)9(15)10(18-5-2)11(19-7)12(16)17/h7-11,15H,4-5H2,1-3H3,(H,13,14)(H,16,17). The van der Waals surface area contributed by atoms with Crippen LogP contribution in [0.2, 0.25) is 0 Å². The van der Waals surface area contributed by atoms with Gasteiger partial charge in [-0.15, -0.1) is 0 Å². The van der Waals surface area contributed by atoms with E-state index in [9.17, 15) is 14.7 Å². The van der Waals surface area contributed by atoms with Crippen molar-refractivity contribution in [2.45, 2.75) is 57.6 Å². The fourth-order valence-electron chi connectivity index (χ4n) is 2.29. The normalized spacial score (nSPS) is 34.8. The predicted molar refractivity (Wildman–Crippen MR) is 65.6 cm³/mol. The van der Waals surface area contributed by atoms with Gasteiger partial charge in [0.05, 0.1) is 12.1 Å². The first-order valence-electron chi connectivity index (χ1n) is 6.37. The summed E-state index contributed by atoms with van der Waals surface area (Å²) in [5.41, 5.74) is 0. The van der Waals surface area contributed by atoms with Crippen LogP contribution in [0, 0.1) is 0 Å². The van der Waals surface area contributed by atoms with Crippen LogP contribution in [-0.2, 0) is 19.1 Å². The minimum atomic E-state index is -1.23. The summed E-state index contributed by atoms with van der Waals surface area (Å²) in [5.74, 6) is -1.49. The topological polar surface area (TPSA) is 105 Å². The Morgan fingerprint density at radius 2 is 2.00 bits per heavy atom. The molecular formula is C12H21NO6. The van der Waals surface area contributed by atoms with E-state index < -0.39 is 36.4 Å². The van der Waals surface area contributed by atoms with Crippen LogP contribution in [0.3, 0.4) is 0 Å². The summed E-state index contributed by atoms with van der Waals surface area (Å²) in [7, 11) is 0. The monoisotopic (exact) mass is 275 g/mol. The van der Waals surface area contributed by atoms with Crippen molar-refractivity contribution in [3.63, 3.8) is 0 Å². The molecule has 0 radical (unpaired) electrons. The number of rotatable bonds is 5. The van der Waals surface area contributed by atoms with Crippen molar-refractivity contribution in [2.24, 2.45) is 0 Å². The predicted octanol–water partition coefficient (Wildman–Crippen LogP) is -0.481. The van der Waals surface area contributed by atoms with E-state index in [0.29, 0.717) is 6.42 Å². The third-order valence-corrected chi connectivity index (χ3v) is 3.10. The summed E-state index contributed by atoms with van der Waals surface area (Å²) in [4.78, 5) is 22.3. The van der Waals surface area contributed by atoms with Crippen LogP contribution < -0.4 is 5.32 Å². The first-order chi connectivity index (χ1) is 8.92. The summed E-state index contributed by atoms with van der Waals surface area (Å²) < 4.78 is 10.7. The highest BCUT2D eigenvalue weighted by Crippen LogP contribution is 2.25. The fourth-order valence-corrected chi connectivity index (χ4v) is 2.29. The number of nitrogens with one attached hydrogen (secondary N) is 1. The Labute approximate surface area is 111 Å². The maximum atomic E-state index is 11.2. The van der Waals surface area contributed by atoms with Gasteiger partial charge in [0.2, 0.25) is 5.91 Å². The number of carboxylic acids is 1. The van der Waals surface area contributed by atoms with Crippen molar-refractivity contribution in [3.8, 4) is 0 Å². The van der Waals surface area contributed by atoms with Crippen LogP contribution in [0.15, 0.2) is 0 Å². The van der Waals surface area contributed by atoms with Gasteiger partial charge in [-0.3, -0.25) is 4.79 Å². The van der Waals surface area contributed by atoms with Gasteiger partial charge in [-0.25, -0.2) is 4.79 Å². The number of hydrogen-bond acceptors (Lipinski definition) is 5. The molecule has 0 spiro atoms. The van der Waals surface area contributed by atoms with Crippen molar-refractivity contribution in [2.75, 3.05) is 6.61 Å². The number of ether oxygens (including phenoxy) is 2. The molecule has 1 fully saturated rings. The van der Waals surface area contributed by atoms with E-state index in [1.54, 1.807) is 13.8 Å². The molecule has 19 heavy (non-hydrogen) atoms. The van der Waals surface area contributed by atoms with Crippen LogP contribution in [0.4, 0.5) is 0 Å². The number of hydrogen-bond donors (Lipinski definition) is 3. The lowest BCUT2D eigenvalue weighted by Crippen LogP contribution is -2.65. The number of aliphatic hydroxyl groups excluding tert-OH is 1. The zero-order chi connectivity index (χ0) is 14.6. The molecular weight excluding hydrogens is 254 g/mol. The molecule has 7 heteroatoms. The summed E-state index contributed by atoms with van der Waals surface area (Å²) in [6.07, 6.45) is -3.43. The summed E-state index contributed by atoms with van der Waals surface area (Å²) >= 11 is 0. The molecule has 1 saturated heterocycles. The average Bonchev–Trinajstić information content (AvgIpc) is 2.33. The molecule has 0 saturated carbocycles. The lowest BCUT2D eigenvalue weighted by atomic mass is 9.91. The van der Waals surface area contributed by atoms with Gasteiger partial charge in [0.1, 0.15) is 12.2 Å². The highest BCUT2D eigenvalue weighted by atomic mass is 16.6. The highest BCUT2D eigenvalue weighted by molar-refractivity contribution is 5.75. The van der Waals surface area contributed by atoms with Crippen LogP contribution in [0.5, 0.6) is 0 Å². The highest BCUT2D eigenvalue weighted by Gasteiger charge is 2.48. The number of carboxylic acid groups (broad SMARTS) is 1. The van der Waals surface area contributed by atoms with Gasteiger partial charge in [0.15, 0.2) is 6.10 Å². The lowest BCUT2D eigenvalue weighted by Gasteiger charge is -2.43. The summed E-state index contributed by atoms with van der Waals surface area (Å²) in [6.45, 7) is 5.08. The van der Waals surface area contributed by atoms with Gasteiger partial charge >= 0.3 is 5.97 Å². The molecule has 1 aliphatic rings. The van der Waals surface area contributed by atoms with Gasteiger partial charge in [-0.05, 0) is 13.3 Å². The first-order valence-corrected chi connectivity index (χ1v) is 6.37. The molecule has 0 aromatic rings.